The summed E-state index contributed by atoms with van der Waals surface area (Å²) in [6.07, 6.45) is 5.39. The number of hydrogen-bond donors (Lipinski definition) is 5. The Bertz CT molecular complexity index is 1310. The molecular weight excluding hydrogens is 449 g/mol. The van der Waals surface area contributed by atoms with E-state index in [2.05, 4.69) is 48.4 Å². The number of rotatable bonds is 7. The van der Waals surface area contributed by atoms with Crippen LogP contribution in [0.4, 0.5) is 27.7 Å². The number of nitrogens with one attached hydrogen (secondary N) is 4. The molecule has 0 radical (unpaired) electrons. The maximum absolute atomic E-state index is 14.7. The molecule has 0 unspecified atom stereocenters. The lowest BCUT2D eigenvalue weighted by Gasteiger charge is -2.18. The lowest BCUT2D eigenvalue weighted by molar-refractivity contribution is 0.0951. The maximum Gasteiger partial charge on any atom is 0.256 e. The Morgan fingerprint density at radius 1 is 1.09 bits per heavy atom. The minimum absolute atomic E-state index is 0.103. The van der Waals surface area contributed by atoms with Crippen molar-refractivity contribution < 1.29 is 14.3 Å². The molecule has 3 aromatic rings. The Balaban J connectivity index is 1.31. The molecule has 0 atom stereocenters. The van der Waals surface area contributed by atoms with E-state index in [1.165, 1.54) is 29.5 Å². The number of fused-ring (bicyclic) bond motifs is 1. The Labute approximate surface area is 201 Å². The van der Waals surface area contributed by atoms with Crippen LogP contribution in [0.15, 0.2) is 36.5 Å². The molecular formula is C25H26FN7O2. The topological polar surface area (TPSA) is 124 Å². The van der Waals surface area contributed by atoms with E-state index >= 15 is 0 Å². The highest BCUT2D eigenvalue weighted by Gasteiger charge is 2.44. The first-order chi connectivity index (χ1) is 17.0. The van der Waals surface area contributed by atoms with Crippen molar-refractivity contribution in [3.8, 4) is 0 Å². The minimum atomic E-state index is -1.02. The lowest BCUT2D eigenvalue weighted by Crippen LogP contribution is -2.27. The molecule has 5 N–H and O–H groups in total. The van der Waals surface area contributed by atoms with Crippen molar-refractivity contribution in [2.45, 2.75) is 50.3 Å². The number of pyridine rings is 1. The van der Waals surface area contributed by atoms with Gasteiger partial charge in [-0.2, -0.15) is 4.98 Å². The predicted molar refractivity (Wildman–Crippen MR) is 128 cm³/mol. The number of anilines is 4. The Hall–Kier alpha value is -3.63. The quantitative estimate of drug-likeness (QED) is 0.353. The van der Waals surface area contributed by atoms with Crippen LogP contribution in [-0.4, -0.2) is 38.6 Å². The second-order valence-electron chi connectivity index (χ2n) is 9.42. The van der Waals surface area contributed by atoms with Crippen molar-refractivity contribution in [1.29, 1.82) is 0 Å². The van der Waals surface area contributed by atoms with Crippen LogP contribution in [0.5, 0.6) is 0 Å². The van der Waals surface area contributed by atoms with Crippen LogP contribution in [0.2, 0.25) is 0 Å². The van der Waals surface area contributed by atoms with Gasteiger partial charge < -0.3 is 26.4 Å². The van der Waals surface area contributed by atoms with Gasteiger partial charge in [0.15, 0.2) is 11.6 Å². The second kappa shape index (κ2) is 8.54. The normalized spacial score (nSPS) is 17.9. The fourth-order valence-corrected chi connectivity index (χ4v) is 4.15. The Kier molecular flexibility index (Phi) is 5.34. The molecule has 6 rings (SSSR count). The van der Waals surface area contributed by atoms with Crippen molar-refractivity contribution in [3.05, 3.63) is 64.7 Å². The van der Waals surface area contributed by atoms with Crippen molar-refractivity contribution in [2.75, 3.05) is 17.2 Å². The third-order valence-electron chi connectivity index (χ3n) is 6.58. The van der Waals surface area contributed by atoms with Gasteiger partial charge in [-0.1, -0.05) is 6.07 Å². The number of nitrogens with zero attached hydrogens (tertiary/aromatic N) is 3. The fraction of sp³-hybridized carbons (Fsp3) is 0.360. The van der Waals surface area contributed by atoms with Gasteiger partial charge in [-0.3, -0.25) is 4.79 Å². The Morgan fingerprint density at radius 3 is 2.74 bits per heavy atom. The van der Waals surface area contributed by atoms with Gasteiger partial charge in [-0.05, 0) is 74.0 Å². The molecule has 9 nitrogen and oxygen atoms in total. The third kappa shape index (κ3) is 4.67. The van der Waals surface area contributed by atoms with E-state index in [4.69, 9.17) is 0 Å². The Morgan fingerprint density at radius 2 is 1.94 bits per heavy atom. The lowest BCUT2D eigenvalue weighted by atomic mass is 10.0. The van der Waals surface area contributed by atoms with Crippen LogP contribution in [0, 0.1) is 5.82 Å². The first kappa shape index (κ1) is 21.9. The second-order valence-corrected chi connectivity index (χ2v) is 9.42. The highest BCUT2D eigenvalue weighted by Crippen LogP contribution is 2.44. The number of amides is 1. The molecule has 180 valence electrons. The van der Waals surface area contributed by atoms with Gasteiger partial charge in [-0.15, -0.1) is 0 Å². The monoisotopic (exact) mass is 475 g/mol. The van der Waals surface area contributed by atoms with E-state index in [0.717, 1.165) is 38.0 Å². The summed E-state index contributed by atoms with van der Waals surface area (Å²) < 4.78 is 14.7. The van der Waals surface area contributed by atoms with Gasteiger partial charge in [0.1, 0.15) is 17.0 Å². The molecule has 2 fully saturated rings. The van der Waals surface area contributed by atoms with Crippen LogP contribution in [0.3, 0.4) is 0 Å². The summed E-state index contributed by atoms with van der Waals surface area (Å²) in [7, 11) is 0. The largest absolute Gasteiger partial charge is 0.384 e. The van der Waals surface area contributed by atoms with Crippen LogP contribution < -0.4 is 21.3 Å². The van der Waals surface area contributed by atoms with E-state index in [-0.39, 0.29) is 35.1 Å². The highest BCUT2D eigenvalue weighted by molar-refractivity contribution is 5.99. The smallest absolute Gasteiger partial charge is 0.256 e. The molecule has 0 bridgehead atoms. The molecule has 2 saturated carbocycles. The van der Waals surface area contributed by atoms with Gasteiger partial charge in [0, 0.05) is 24.5 Å². The molecule has 35 heavy (non-hydrogen) atoms. The summed E-state index contributed by atoms with van der Waals surface area (Å²) >= 11 is 0. The summed E-state index contributed by atoms with van der Waals surface area (Å²) in [5.74, 6) is -0.645. The molecule has 3 heterocycles. The maximum atomic E-state index is 14.7. The summed E-state index contributed by atoms with van der Waals surface area (Å²) in [5, 5.41) is 22.7. The van der Waals surface area contributed by atoms with Crippen molar-refractivity contribution in [3.63, 3.8) is 0 Å². The van der Waals surface area contributed by atoms with E-state index in [1.807, 2.05) is 6.07 Å². The number of aromatic nitrogens is 3. The highest BCUT2D eigenvalue weighted by atomic mass is 19.1. The van der Waals surface area contributed by atoms with Crippen LogP contribution in [0.25, 0.3) is 0 Å². The minimum Gasteiger partial charge on any atom is -0.384 e. The van der Waals surface area contributed by atoms with Crippen LogP contribution in [0.1, 0.15) is 52.9 Å². The molecule has 10 heteroatoms. The van der Waals surface area contributed by atoms with E-state index in [9.17, 15) is 14.3 Å². The first-order valence-electron chi connectivity index (χ1n) is 11.9. The summed E-state index contributed by atoms with van der Waals surface area (Å²) in [6, 6.07) is 8.96. The van der Waals surface area contributed by atoms with Gasteiger partial charge in [0.25, 0.3) is 5.91 Å². The fourth-order valence-electron chi connectivity index (χ4n) is 4.15. The number of benzene rings is 1. The molecule has 2 aliphatic carbocycles. The number of carbonyl (C=O) groups excluding carboxylic acids is 1. The molecule has 1 amide bonds. The predicted octanol–water partition coefficient (Wildman–Crippen LogP) is 3.02. The van der Waals surface area contributed by atoms with Gasteiger partial charge >= 0.3 is 0 Å². The average Bonchev–Trinajstić information content (AvgIpc) is 3.79. The van der Waals surface area contributed by atoms with E-state index in [1.54, 1.807) is 0 Å². The summed E-state index contributed by atoms with van der Waals surface area (Å²) in [6.45, 7) is 1.77. The van der Waals surface area contributed by atoms with Crippen molar-refractivity contribution in [2.24, 2.45) is 0 Å². The van der Waals surface area contributed by atoms with E-state index < -0.39 is 11.4 Å². The number of halogens is 1. The molecule has 3 aliphatic rings. The molecule has 0 saturated heterocycles. The third-order valence-corrected chi connectivity index (χ3v) is 6.58. The average molecular weight is 476 g/mol. The summed E-state index contributed by atoms with van der Waals surface area (Å²) in [5.41, 5.74) is 2.91. The number of hydrogen-bond acceptors (Lipinski definition) is 8. The SMILES string of the molecule is O=C(NC1CC1)c1cnc(Nc2ccc3c(c2)CCNC3)nc1Nc1nc(C2(O)CC2)ccc1F. The molecule has 1 aliphatic heterocycles. The van der Waals surface area contributed by atoms with Crippen LogP contribution >= 0.6 is 0 Å². The van der Waals surface area contributed by atoms with E-state index in [0.29, 0.717) is 18.5 Å². The molecule has 0 spiro atoms. The van der Waals surface area contributed by atoms with Crippen molar-refractivity contribution in [1.82, 2.24) is 25.6 Å². The van der Waals surface area contributed by atoms with Gasteiger partial charge in [-0.25, -0.2) is 14.4 Å². The zero-order chi connectivity index (χ0) is 24.0. The first-order valence-corrected chi connectivity index (χ1v) is 11.9. The number of aliphatic hydroxyl groups is 1. The van der Waals surface area contributed by atoms with Crippen molar-refractivity contribution >= 4 is 29.2 Å². The van der Waals surface area contributed by atoms with Gasteiger partial charge in [0.05, 0.1) is 5.69 Å². The van der Waals surface area contributed by atoms with Gasteiger partial charge in [0.2, 0.25) is 5.95 Å². The zero-order valence-electron chi connectivity index (χ0n) is 19.1. The molecule has 1 aromatic carbocycles. The zero-order valence-corrected chi connectivity index (χ0v) is 19.1. The molecule has 2 aromatic heterocycles. The summed E-state index contributed by atoms with van der Waals surface area (Å²) in [4.78, 5) is 26.0. The van der Waals surface area contributed by atoms with Crippen LogP contribution in [-0.2, 0) is 18.6 Å². The number of carbonyl (C=O) groups is 1. The standard InChI is InChI=1S/C25H26FN7O2/c26-19-5-6-20(25(35)8-9-25)31-22(19)32-21-18(23(34)29-16-3-4-16)13-28-24(33-21)30-17-2-1-15-12-27-10-7-14(15)11-17/h1-2,5-6,11,13,16,27,35H,3-4,7-10,12H2,(H,29,34)(H2,28,30,31,32,33).